The van der Waals surface area contributed by atoms with Gasteiger partial charge < -0.3 is 5.11 Å². The third-order valence-corrected chi connectivity index (χ3v) is 2.22. The lowest BCUT2D eigenvalue weighted by molar-refractivity contribution is 0.0621. The van der Waals surface area contributed by atoms with Crippen LogP contribution in [0, 0.1) is 24.1 Å². The molecule has 0 saturated carbocycles. The van der Waals surface area contributed by atoms with Crippen molar-refractivity contribution in [2.45, 2.75) is 25.9 Å². The van der Waals surface area contributed by atoms with Crippen LogP contribution >= 0.6 is 0 Å². The van der Waals surface area contributed by atoms with E-state index in [4.69, 9.17) is 5.26 Å². The van der Waals surface area contributed by atoms with Gasteiger partial charge in [-0.3, -0.25) is 0 Å². The first-order valence-corrected chi connectivity index (χ1v) is 4.33. The zero-order chi connectivity index (χ0) is 10.8. The number of rotatable bonds is 2. The molecule has 0 bridgehead atoms. The van der Waals surface area contributed by atoms with Crippen molar-refractivity contribution in [2.24, 2.45) is 0 Å². The van der Waals surface area contributed by atoms with Crippen molar-refractivity contribution in [3.8, 4) is 6.07 Å². The summed E-state index contributed by atoms with van der Waals surface area (Å²) in [6.45, 7) is 3.15. The second-order valence-corrected chi connectivity index (χ2v) is 3.57. The predicted octanol–water partition coefficient (Wildman–Crippen LogP) is 2.26. The molecule has 0 spiro atoms. The Labute approximate surface area is 82.6 Å². The molecule has 14 heavy (non-hydrogen) atoms. The summed E-state index contributed by atoms with van der Waals surface area (Å²) in [7, 11) is 0. The van der Waals surface area contributed by atoms with Crippen molar-refractivity contribution >= 4 is 0 Å². The lowest BCUT2D eigenvalue weighted by Gasteiger charge is -2.20. The van der Waals surface area contributed by atoms with Crippen LogP contribution in [0.4, 0.5) is 4.39 Å². The second kappa shape index (κ2) is 3.77. The summed E-state index contributed by atoms with van der Waals surface area (Å²) >= 11 is 0. The Morgan fingerprint density at radius 3 is 2.71 bits per heavy atom. The third-order valence-electron chi connectivity index (χ3n) is 2.22. The molecule has 0 fully saturated rings. The second-order valence-electron chi connectivity index (χ2n) is 3.57. The molecule has 1 atom stereocenters. The summed E-state index contributed by atoms with van der Waals surface area (Å²) < 4.78 is 13.2. The topological polar surface area (TPSA) is 44.0 Å². The first-order valence-electron chi connectivity index (χ1n) is 4.33. The van der Waals surface area contributed by atoms with Gasteiger partial charge in [0.2, 0.25) is 0 Å². The summed E-state index contributed by atoms with van der Waals surface area (Å²) in [6, 6.07) is 6.37. The minimum atomic E-state index is -1.27. The van der Waals surface area contributed by atoms with Crippen LogP contribution < -0.4 is 0 Å². The highest BCUT2D eigenvalue weighted by atomic mass is 19.1. The van der Waals surface area contributed by atoms with Gasteiger partial charge in [0.15, 0.2) is 0 Å². The molecule has 1 aromatic rings. The number of hydrogen-bond donors (Lipinski definition) is 1. The summed E-state index contributed by atoms with van der Waals surface area (Å²) in [6.07, 6.45) is -0.0461. The number of benzene rings is 1. The average molecular weight is 193 g/mol. The highest BCUT2D eigenvalue weighted by Gasteiger charge is 2.23. The third kappa shape index (κ3) is 2.09. The quantitative estimate of drug-likeness (QED) is 0.782. The fourth-order valence-electron chi connectivity index (χ4n) is 1.18. The Morgan fingerprint density at radius 2 is 2.21 bits per heavy atom. The highest BCUT2D eigenvalue weighted by molar-refractivity contribution is 5.28. The lowest BCUT2D eigenvalue weighted by Crippen LogP contribution is -2.20. The molecule has 3 heteroatoms. The largest absolute Gasteiger partial charge is 0.384 e. The molecular weight excluding hydrogens is 181 g/mol. The van der Waals surface area contributed by atoms with Crippen molar-refractivity contribution in [2.75, 3.05) is 0 Å². The Morgan fingerprint density at radius 1 is 1.57 bits per heavy atom. The van der Waals surface area contributed by atoms with E-state index in [2.05, 4.69) is 0 Å². The van der Waals surface area contributed by atoms with Gasteiger partial charge in [0.05, 0.1) is 18.1 Å². The maximum Gasteiger partial charge on any atom is 0.126 e. The van der Waals surface area contributed by atoms with E-state index < -0.39 is 5.60 Å². The van der Waals surface area contributed by atoms with Crippen molar-refractivity contribution < 1.29 is 9.50 Å². The molecular formula is C11H12FNO. The number of aliphatic hydroxyl groups is 1. The van der Waals surface area contributed by atoms with Gasteiger partial charge >= 0.3 is 0 Å². The van der Waals surface area contributed by atoms with E-state index in [0.29, 0.717) is 11.1 Å². The van der Waals surface area contributed by atoms with Gasteiger partial charge in [0.25, 0.3) is 0 Å². The Hall–Kier alpha value is -1.40. The zero-order valence-corrected chi connectivity index (χ0v) is 8.21. The smallest absolute Gasteiger partial charge is 0.126 e. The normalized spacial score (nSPS) is 14.5. The molecule has 0 aliphatic rings. The molecule has 0 amide bonds. The summed E-state index contributed by atoms with van der Waals surface area (Å²) in [5.41, 5.74) is -0.313. The first kappa shape index (κ1) is 10.7. The molecule has 0 radical (unpaired) electrons. The number of hydrogen-bond acceptors (Lipinski definition) is 2. The molecule has 0 aliphatic carbocycles. The van der Waals surface area contributed by atoms with E-state index in [1.54, 1.807) is 19.1 Å². The molecule has 0 heterocycles. The Kier molecular flexibility index (Phi) is 2.87. The van der Waals surface area contributed by atoms with Crippen molar-refractivity contribution in [1.82, 2.24) is 0 Å². The van der Waals surface area contributed by atoms with Crippen LogP contribution in [0.25, 0.3) is 0 Å². The van der Waals surface area contributed by atoms with E-state index in [1.807, 2.05) is 6.07 Å². The van der Waals surface area contributed by atoms with Crippen LogP contribution in [0.2, 0.25) is 0 Å². The average Bonchev–Trinajstić information content (AvgIpc) is 2.09. The van der Waals surface area contributed by atoms with Crippen molar-refractivity contribution in [3.63, 3.8) is 0 Å². The van der Waals surface area contributed by atoms with E-state index in [-0.39, 0.29) is 12.2 Å². The van der Waals surface area contributed by atoms with Crippen LogP contribution in [-0.2, 0) is 5.60 Å². The zero-order valence-electron chi connectivity index (χ0n) is 8.21. The Balaban J connectivity index is 3.09. The molecule has 1 N–H and O–H groups in total. The molecule has 1 rings (SSSR count). The van der Waals surface area contributed by atoms with Gasteiger partial charge in [0, 0.05) is 0 Å². The van der Waals surface area contributed by atoms with Gasteiger partial charge in [-0.2, -0.15) is 5.26 Å². The highest BCUT2D eigenvalue weighted by Crippen LogP contribution is 2.25. The summed E-state index contributed by atoms with van der Waals surface area (Å²) in [4.78, 5) is 0. The van der Waals surface area contributed by atoms with Crippen LogP contribution in [0.3, 0.4) is 0 Å². The van der Waals surface area contributed by atoms with Crippen LogP contribution in [0.15, 0.2) is 18.2 Å². The number of halogens is 1. The standard InChI is InChI=1S/C11H12FNO/c1-8-3-4-9(7-10(8)12)11(2,14)5-6-13/h3-4,7,14H,5H2,1-2H3. The molecule has 2 nitrogen and oxygen atoms in total. The minimum Gasteiger partial charge on any atom is -0.384 e. The van der Waals surface area contributed by atoms with E-state index in [1.165, 1.54) is 13.0 Å². The lowest BCUT2D eigenvalue weighted by atomic mass is 9.92. The van der Waals surface area contributed by atoms with E-state index in [9.17, 15) is 9.50 Å². The minimum absolute atomic E-state index is 0.0461. The number of nitrogens with zero attached hydrogens (tertiary/aromatic N) is 1. The van der Waals surface area contributed by atoms with E-state index >= 15 is 0 Å². The van der Waals surface area contributed by atoms with Gasteiger partial charge in [-0.15, -0.1) is 0 Å². The van der Waals surface area contributed by atoms with Crippen molar-refractivity contribution in [1.29, 1.82) is 5.26 Å². The Bertz CT molecular complexity index is 379. The number of nitriles is 1. The molecule has 1 unspecified atom stereocenters. The molecule has 0 saturated heterocycles. The van der Waals surface area contributed by atoms with E-state index in [0.717, 1.165) is 0 Å². The monoisotopic (exact) mass is 193 g/mol. The summed E-state index contributed by atoms with van der Waals surface area (Å²) in [5.74, 6) is -0.360. The van der Waals surface area contributed by atoms with Crippen LogP contribution in [0.1, 0.15) is 24.5 Å². The fourth-order valence-corrected chi connectivity index (χ4v) is 1.18. The van der Waals surface area contributed by atoms with Gasteiger partial charge in [-0.1, -0.05) is 12.1 Å². The maximum absolute atomic E-state index is 13.2. The van der Waals surface area contributed by atoms with Crippen LogP contribution in [0.5, 0.6) is 0 Å². The molecule has 1 aromatic carbocycles. The maximum atomic E-state index is 13.2. The van der Waals surface area contributed by atoms with Crippen LogP contribution in [-0.4, -0.2) is 5.11 Å². The molecule has 74 valence electrons. The summed E-state index contributed by atoms with van der Waals surface area (Å²) in [5, 5.41) is 18.3. The predicted molar refractivity (Wildman–Crippen MR) is 50.9 cm³/mol. The molecule has 0 aliphatic heterocycles. The van der Waals surface area contributed by atoms with Gasteiger partial charge in [-0.05, 0) is 31.0 Å². The van der Waals surface area contributed by atoms with Gasteiger partial charge in [-0.25, -0.2) is 4.39 Å². The fraction of sp³-hybridized carbons (Fsp3) is 0.364. The van der Waals surface area contributed by atoms with Gasteiger partial charge in [0.1, 0.15) is 5.82 Å². The number of aryl methyl sites for hydroxylation is 1. The van der Waals surface area contributed by atoms with Crippen molar-refractivity contribution in [3.05, 3.63) is 35.1 Å². The SMILES string of the molecule is Cc1ccc(C(C)(O)CC#N)cc1F. The first-order chi connectivity index (χ1) is 6.47. The molecule has 0 aromatic heterocycles.